The molecule has 0 amide bonds. The Balaban J connectivity index is 2.92. The second kappa shape index (κ2) is 5.79. The fourth-order valence-electron chi connectivity index (χ4n) is 2.25. The number of aromatic nitrogens is 1. The van der Waals surface area contributed by atoms with E-state index in [2.05, 4.69) is 4.79 Å². The summed E-state index contributed by atoms with van der Waals surface area (Å²) < 4.78 is 6.67. The van der Waals surface area contributed by atoms with E-state index >= 15 is 0 Å². The van der Waals surface area contributed by atoms with Crippen LogP contribution in [0.1, 0.15) is 35.5 Å². The first-order valence-electron chi connectivity index (χ1n) is 6.58. The molecule has 114 valence electrons. The number of aryl methyl sites for hydroxylation is 1. The molecule has 1 aliphatic carbocycles. The number of fused-ring (bicyclic) bond motifs is 1. The largest absolute Gasteiger partial charge is 0.489 e. The first-order chi connectivity index (χ1) is 10.5. The van der Waals surface area contributed by atoms with Crippen molar-refractivity contribution in [1.82, 2.24) is 4.57 Å². The molecule has 2 rings (SSSR count). The van der Waals surface area contributed by atoms with Gasteiger partial charge in [-0.15, -0.1) is 0 Å². The van der Waals surface area contributed by atoms with Crippen LogP contribution < -0.4 is 5.43 Å². The quantitative estimate of drug-likeness (QED) is 0.642. The minimum absolute atomic E-state index is 0.0625. The second-order valence-electron chi connectivity index (χ2n) is 4.44. The van der Waals surface area contributed by atoms with Gasteiger partial charge in [-0.25, -0.2) is 4.79 Å². The Hall–Kier alpha value is -2.99. The van der Waals surface area contributed by atoms with Crippen LogP contribution in [-0.4, -0.2) is 38.5 Å². The minimum Gasteiger partial charge on any atom is -0.489 e. The van der Waals surface area contributed by atoms with Crippen LogP contribution in [0.15, 0.2) is 16.8 Å². The summed E-state index contributed by atoms with van der Waals surface area (Å²) in [6, 6.07) is 0. The van der Waals surface area contributed by atoms with Crippen molar-refractivity contribution in [3.8, 4) is 0 Å². The number of carbonyl (C=O) groups excluding carboxylic acids is 1. The van der Waals surface area contributed by atoms with Crippen LogP contribution in [0.4, 0.5) is 0 Å². The molecule has 1 aromatic heterocycles. The van der Waals surface area contributed by atoms with E-state index in [4.69, 9.17) is 15.4 Å². The highest BCUT2D eigenvalue weighted by atomic mass is 16.5. The van der Waals surface area contributed by atoms with Crippen LogP contribution in [0.25, 0.3) is 11.6 Å². The maximum Gasteiger partial charge on any atom is 0.379 e. The third-order valence-corrected chi connectivity index (χ3v) is 3.24. The molecule has 1 aromatic rings. The number of hydrogen-bond acceptors (Lipinski definition) is 4. The lowest BCUT2D eigenvalue weighted by atomic mass is 9.95. The van der Waals surface area contributed by atoms with Crippen LogP contribution in [0.3, 0.4) is 0 Å². The first-order valence-corrected chi connectivity index (χ1v) is 6.58. The normalized spacial score (nSPS) is 13.3. The summed E-state index contributed by atoms with van der Waals surface area (Å²) in [6.07, 6.45) is 2.54. The number of rotatable bonds is 4. The molecule has 1 aliphatic rings. The summed E-state index contributed by atoms with van der Waals surface area (Å²) >= 11 is 0. The average molecular weight is 303 g/mol. The zero-order valence-electron chi connectivity index (χ0n) is 12.0. The predicted molar refractivity (Wildman–Crippen MR) is 75.7 cm³/mol. The van der Waals surface area contributed by atoms with Crippen molar-refractivity contribution in [2.24, 2.45) is 0 Å². The molecule has 0 aromatic carbocycles. The Morgan fingerprint density at radius 1 is 1.41 bits per heavy atom. The predicted octanol–water partition coefficient (Wildman–Crippen LogP) is 0.545. The number of nitrogens with zero attached hydrogens (tertiary/aromatic N) is 3. The number of carbonyl (C=O) groups is 2. The van der Waals surface area contributed by atoms with Gasteiger partial charge in [0.1, 0.15) is 11.1 Å². The van der Waals surface area contributed by atoms with Crippen molar-refractivity contribution in [1.29, 1.82) is 0 Å². The third-order valence-electron chi connectivity index (χ3n) is 3.24. The van der Waals surface area contributed by atoms with Crippen molar-refractivity contribution in [2.45, 2.75) is 20.4 Å². The van der Waals surface area contributed by atoms with E-state index in [1.54, 1.807) is 13.8 Å². The molecule has 0 saturated carbocycles. The van der Waals surface area contributed by atoms with E-state index in [1.165, 1.54) is 16.8 Å². The molecule has 0 radical (unpaired) electrons. The van der Waals surface area contributed by atoms with E-state index < -0.39 is 28.5 Å². The van der Waals surface area contributed by atoms with Crippen molar-refractivity contribution in [3.63, 3.8) is 0 Å². The average Bonchev–Trinajstić information content (AvgIpc) is 2.49. The zero-order valence-corrected chi connectivity index (χ0v) is 12.0. The van der Waals surface area contributed by atoms with Gasteiger partial charge in [0.25, 0.3) is 0 Å². The summed E-state index contributed by atoms with van der Waals surface area (Å²) in [5.41, 5.74) is 7.24. The van der Waals surface area contributed by atoms with Gasteiger partial charge >= 0.3 is 17.5 Å². The van der Waals surface area contributed by atoms with Crippen LogP contribution in [0.2, 0.25) is 0 Å². The van der Waals surface area contributed by atoms with Crippen LogP contribution >= 0.6 is 0 Å². The molecule has 1 N–H and O–H groups in total. The van der Waals surface area contributed by atoms with Gasteiger partial charge in [0.2, 0.25) is 5.43 Å². The molecule has 22 heavy (non-hydrogen) atoms. The minimum atomic E-state index is -1.42. The van der Waals surface area contributed by atoms with Crippen LogP contribution in [0, 0.1) is 0 Å². The third kappa shape index (κ3) is 2.25. The summed E-state index contributed by atoms with van der Waals surface area (Å²) in [4.78, 5) is 38.5. The number of ketones is 1. The molecule has 0 bridgehead atoms. The highest BCUT2D eigenvalue weighted by molar-refractivity contribution is 6.51. The molecule has 0 atom stereocenters. The lowest BCUT2D eigenvalue weighted by Crippen LogP contribution is -2.35. The summed E-state index contributed by atoms with van der Waals surface area (Å²) in [5.74, 6) is -2.24. The van der Waals surface area contributed by atoms with Crippen molar-refractivity contribution in [3.05, 3.63) is 44.5 Å². The number of Topliss-reactive ketones (excluding diaryl/α,β-unsaturated/α-hetero) is 1. The molecule has 0 unspecified atom stereocenters. The van der Waals surface area contributed by atoms with E-state index in [0.717, 1.165) is 0 Å². The van der Waals surface area contributed by atoms with E-state index in [1.807, 2.05) is 0 Å². The van der Waals surface area contributed by atoms with E-state index in [0.29, 0.717) is 6.54 Å². The molecular formula is C14H13N3O5. The summed E-state index contributed by atoms with van der Waals surface area (Å²) in [7, 11) is 0. The van der Waals surface area contributed by atoms with Crippen molar-refractivity contribution in [2.75, 3.05) is 6.61 Å². The smallest absolute Gasteiger partial charge is 0.379 e. The Kier molecular flexibility index (Phi) is 4.05. The number of hydrogen-bond donors (Lipinski definition) is 1. The zero-order chi connectivity index (χ0) is 16.4. The lowest BCUT2D eigenvalue weighted by molar-refractivity contribution is -0.116. The standard InChI is InChI=1S/C14H13N3O5/c1-3-17-6-7(14(20)21)12(18)10-8(17)5-9(22-4-2)13(19)11(10)16-15/h5-6H,3-4H2,1-2H3,(H,20,21). The number of aromatic carboxylic acids is 1. The fraction of sp³-hybridized carbons (Fsp3) is 0.286. The van der Waals surface area contributed by atoms with Gasteiger partial charge in [-0.2, -0.15) is 4.79 Å². The Morgan fingerprint density at radius 3 is 2.59 bits per heavy atom. The van der Waals surface area contributed by atoms with Crippen LogP contribution in [-0.2, 0) is 16.1 Å². The number of carboxylic acids is 1. The van der Waals surface area contributed by atoms with E-state index in [9.17, 15) is 14.4 Å². The number of pyridine rings is 1. The summed E-state index contributed by atoms with van der Waals surface area (Å²) in [6.45, 7) is 4.00. The van der Waals surface area contributed by atoms with Gasteiger partial charge < -0.3 is 19.9 Å². The molecule has 0 aliphatic heterocycles. The van der Waals surface area contributed by atoms with Gasteiger partial charge in [-0.1, -0.05) is 0 Å². The first kappa shape index (κ1) is 15.4. The van der Waals surface area contributed by atoms with Gasteiger partial charge in [0.05, 0.1) is 12.3 Å². The van der Waals surface area contributed by atoms with Gasteiger partial charge in [-0.05, 0) is 13.8 Å². The van der Waals surface area contributed by atoms with Crippen molar-refractivity contribution < 1.29 is 24.2 Å². The van der Waals surface area contributed by atoms with E-state index in [-0.39, 0.29) is 23.6 Å². The lowest BCUT2D eigenvalue weighted by Gasteiger charge is -2.17. The monoisotopic (exact) mass is 303 g/mol. The number of ether oxygens (including phenoxy) is 1. The van der Waals surface area contributed by atoms with Gasteiger partial charge in [0, 0.05) is 18.8 Å². The topological polar surface area (TPSA) is 122 Å². The van der Waals surface area contributed by atoms with Gasteiger partial charge in [0.15, 0.2) is 5.76 Å². The molecule has 0 spiro atoms. The highest BCUT2D eigenvalue weighted by Gasteiger charge is 2.38. The Morgan fingerprint density at radius 2 is 2.09 bits per heavy atom. The molecule has 1 heterocycles. The molecule has 0 fully saturated rings. The van der Waals surface area contributed by atoms with Crippen molar-refractivity contribution >= 4 is 23.5 Å². The highest BCUT2D eigenvalue weighted by Crippen LogP contribution is 2.21. The molecule has 8 heteroatoms. The Labute approximate surface area is 124 Å². The SMILES string of the molecule is CCOC1=Cc2c(c(=O)c(C(=O)O)cn2CC)C(=[N+]=[N-])C1=O. The summed E-state index contributed by atoms with van der Waals surface area (Å²) in [5, 5.41) is 9.11. The molecule has 0 saturated heterocycles. The van der Waals surface area contributed by atoms with Crippen LogP contribution in [0.5, 0.6) is 0 Å². The molecular weight excluding hydrogens is 290 g/mol. The maximum absolute atomic E-state index is 12.3. The van der Waals surface area contributed by atoms with Gasteiger partial charge in [-0.3, -0.25) is 9.59 Å². The number of carboxylic acid groups (broad SMARTS) is 1. The Bertz CT molecular complexity index is 813. The maximum atomic E-state index is 12.3. The fourth-order valence-corrected chi connectivity index (χ4v) is 2.25. The molecule has 8 nitrogen and oxygen atoms in total. The second-order valence-corrected chi connectivity index (χ2v) is 4.44. The number of allylic oxidation sites excluding steroid dienone is 1.